The average Bonchev–Trinajstić information content (AvgIpc) is 3.92. The third kappa shape index (κ3) is 8.00. The van der Waals surface area contributed by atoms with E-state index >= 15 is 0 Å². The third-order valence-electron chi connectivity index (χ3n) is 14.0. The van der Waals surface area contributed by atoms with Gasteiger partial charge in [0.15, 0.2) is 5.69 Å². The summed E-state index contributed by atoms with van der Waals surface area (Å²) < 4.78 is 23.6. The van der Waals surface area contributed by atoms with Gasteiger partial charge in [-0.25, -0.2) is 14.8 Å². The number of methoxy groups -OCH3 is 2. The summed E-state index contributed by atoms with van der Waals surface area (Å²) in [5.41, 5.74) is 2.11. The van der Waals surface area contributed by atoms with Crippen LogP contribution in [0.2, 0.25) is 10.0 Å². The Morgan fingerprint density at radius 2 is 1.70 bits per heavy atom. The quantitative estimate of drug-likeness (QED) is 0.154. The Labute approximate surface area is 404 Å². The Balaban J connectivity index is 0.857. The lowest BCUT2D eigenvalue weighted by Crippen LogP contribution is -2.52. The van der Waals surface area contributed by atoms with Crippen molar-refractivity contribution >= 4 is 63.6 Å². The summed E-state index contributed by atoms with van der Waals surface area (Å²) in [6.07, 6.45) is 7.10. The Morgan fingerprint density at radius 1 is 0.942 bits per heavy atom. The Morgan fingerprint density at radius 3 is 2.41 bits per heavy atom. The van der Waals surface area contributed by atoms with Gasteiger partial charge in [-0.05, 0) is 79.8 Å². The van der Waals surface area contributed by atoms with Gasteiger partial charge in [-0.3, -0.25) is 43.3 Å². The number of pyridine rings is 1. The van der Waals surface area contributed by atoms with E-state index in [9.17, 15) is 28.8 Å². The normalized spacial score (nSPS) is 19.0. The molecule has 3 aliphatic heterocycles. The molecule has 2 aromatic carbocycles. The van der Waals surface area contributed by atoms with Gasteiger partial charge in [0, 0.05) is 64.0 Å². The summed E-state index contributed by atoms with van der Waals surface area (Å²) in [7, 11) is 6.11. The van der Waals surface area contributed by atoms with Gasteiger partial charge in [0.05, 0.1) is 42.1 Å². The molecule has 19 nitrogen and oxygen atoms in total. The van der Waals surface area contributed by atoms with Gasteiger partial charge in [0.25, 0.3) is 11.5 Å². The van der Waals surface area contributed by atoms with Crippen LogP contribution in [0.1, 0.15) is 85.2 Å². The van der Waals surface area contributed by atoms with Gasteiger partial charge < -0.3 is 28.2 Å². The number of hydrogen-bond acceptors (Lipinski definition) is 12. The number of rotatable bonds is 12. The second-order valence-electron chi connectivity index (χ2n) is 18.1. The number of nitrogens with one attached hydrogen (secondary N) is 1. The van der Waals surface area contributed by atoms with Gasteiger partial charge in [0.1, 0.15) is 34.9 Å². The Bertz CT molecular complexity index is 3200. The molecule has 4 aromatic heterocycles. The predicted octanol–water partition coefficient (Wildman–Crippen LogP) is 5.37. The molecule has 6 aromatic rings. The highest BCUT2D eigenvalue weighted by molar-refractivity contribution is 6.31. The van der Waals surface area contributed by atoms with Crippen molar-refractivity contribution in [1.29, 1.82) is 0 Å². The highest BCUT2D eigenvalue weighted by Crippen LogP contribution is 2.51. The summed E-state index contributed by atoms with van der Waals surface area (Å²) in [5.74, 6) is -0.304. The Hall–Kier alpha value is -6.99. The zero-order valence-corrected chi connectivity index (χ0v) is 39.8. The van der Waals surface area contributed by atoms with E-state index in [4.69, 9.17) is 42.4 Å². The molecule has 7 heterocycles. The van der Waals surface area contributed by atoms with Gasteiger partial charge in [-0.2, -0.15) is 4.98 Å². The highest BCUT2D eigenvalue weighted by atomic mass is 35.5. The number of ether oxygens (including phenoxy) is 3. The first-order valence-electron chi connectivity index (χ1n) is 22.7. The zero-order chi connectivity index (χ0) is 48.5. The molecular formula is C48H48Cl2N10O9. The van der Waals surface area contributed by atoms with E-state index in [2.05, 4.69) is 15.3 Å². The lowest BCUT2D eigenvalue weighted by molar-refractivity contribution is -0.137. The minimum atomic E-state index is -0.842. The number of likely N-dealkylation sites (tertiary alicyclic amines) is 1. The molecule has 69 heavy (non-hydrogen) atoms. The number of carbonyl (C=O) groups excluding carboxylic acids is 4. The van der Waals surface area contributed by atoms with Crippen LogP contribution in [0.3, 0.4) is 0 Å². The number of aryl methyl sites for hydroxylation is 2. The fourth-order valence-electron chi connectivity index (χ4n) is 10.6. The largest absolute Gasteiger partial charge is 0.488 e. The first-order chi connectivity index (χ1) is 33.2. The second kappa shape index (κ2) is 17.8. The molecule has 358 valence electrons. The maximum atomic E-state index is 14.7. The molecule has 0 radical (unpaired) electrons. The molecule has 10 rings (SSSR count). The number of imidazole rings is 2. The number of halogens is 2. The minimum Gasteiger partial charge on any atom is -0.488 e. The first-order valence-corrected chi connectivity index (χ1v) is 23.4. The zero-order valence-electron chi connectivity index (χ0n) is 38.2. The smallest absolute Gasteiger partial charge is 0.329 e. The number of nitrogens with zero attached hydrogens (tertiary/aromatic N) is 9. The third-order valence-corrected chi connectivity index (χ3v) is 14.5. The highest BCUT2D eigenvalue weighted by Gasteiger charge is 2.49. The summed E-state index contributed by atoms with van der Waals surface area (Å²) in [4.78, 5) is 97.3. The van der Waals surface area contributed by atoms with E-state index in [0.29, 0.717) is 64.0 Å². The molecule has 21 heteroatoms. The molecule has 1 N–H and O–H groups in total. The maximum Gasteiger partial charge on any atom is 0.329 e. The van der Waals surface area contributed by atoms with Crippen LogP contribution >= 0.6 is 23.2 Å². The monoisotopic (exact) mass is 978 g/mol. The van der Waals surface area contributed by atoms with E-state index in [-0.39, 0.29) is 83.1 Å². The lowest BCUT2D eigenvalue weighted by Gasteiger charge is -2.51. The lowest BCUT2D eigenvalue weighted by atomic mass is 9.61. The van der Waals surface area contributed by atoms with Crippen molar-refractivity contribution in [2.75, 3.05) is 32.2 Å². The summed E-state index contributed by atoms with van der Waals surface area (Å²) >= 11 is 12.8. The molecule has 2 saturated heterocycles. The summed E-state index contributed by atoms with van der Waals surface area (Å²) in [6.45, 7) is 1.43. The molecule has 2 atom stereocenters. The number of hydrogen-bond donors (Lipinski definition) is 1. The number of imide groups is 1. The average molecular weight is 980 g/mol. The van der Waals surface area contributed by atoms with Crippen LogP contribution in [-0.4, -0.2) is 95.2 Å². The van der Waals surface area contributed by atoms with Crippen LogP contribution in [0.4, 0.5) is 5.69 Å². The van der Waals surface area contributed by atoms with E-state index in [1.807, 2.05) is 15.5 Å². The van der Waals surface area contributed by atoms with Crippen molar-refractivity contribution in [3.63, 3.8) is 0 Å². The van der Waals surface area contributed by atoms with E-state index in [0.717, 1.165) is 25.7 Å². The van der Waals surface area contributed by atoms with Crippen molar-refractivity contribution in [1.82, 2.24) is 43.4 Å². The van der Waals surface area contributed by atoms with Crippen LogP contribution in [0.15, 0.2) is 70.5 Å². The van der Waals surface area contributed by atoms with Crippen LogP contribution in [0.5, 0.6) is 17.6 Å². The van der Waals surface area contributed by atoms with Gasteiger partial charge >= 0.3 is 11.7 Å². The molecule has 3 fully saturated rings. The van der Waals surface area contributed by atoms with Crippen LogP contribution in [0.25, 0.3) is 22.4 Å². The van der Waals surface area contributed by atoms with Crippen molar-refractivity contribution < 1.29 is 33.4 Å². The number of anilines is 1. The topological polar surface area (TPSA) is 207 Å². The maximum absolute atomic E-state index is 14.7. The molecular weight excluding hydrogens is 931 g/mol. The number of benzene rings is 2. The SMILES string of the molecule is COc1ncc(-c2nc3c(n2CCCC(=O)N2CCC4(CC2)CC(Oc2cccc5c2n(C)c(=O)n5C2CCC(=O)NC2=O)C4)[C@@H](c2ccc(Cl)cc2)N(c2cc(Cl)cn(C)c2=O)C3=O)c(OC)n1. The first kappa shape index (κ1) is 45.8. The number of aromatic nitrogens is 7. The number of piperidine rings is 2. The predicted molar refractivity (Wildman–Crippen MR) is 253 cm³/mol. The summed E-state index contributed by atoms with van der Waals surface area (Å²) in [6, 6.07) is 12.3. The number of amides is 4. The molecule has 1 unspecified atom stereocenters. The van der Waals surface area contributed by atoms with Crippen molar-refractivity contribution in [3.8, 4) is 29.0 Å². The van der Waals surface area contributed by atoms with Crippen LogP contribution < -0.4 is 35.7 Å². The fraction of sp³-hybridized carbons (Fsp3) is 0.396. The standard InChI is InChI=1S/C48H48Cl2N10O9/c1-55-25-28(50)21-33(44(55)64)60-38(26-10-12-27(49)13-11-26)40-37(45(60)65)53-41(30-24-51-46(68-4)54-43(30)67-3)58(40)18-6-9-36(62)57-19-16-48(17-20-57)22-29(23-48)69-34-8-5-7-31-39(34)56(2)47(66)59(31)32-14-15-35(61)52-42(32)63/h5,7-8,10-13,21,24-25,29,32,38H,6,9,14-20,22-23H2,1-4H3,(H,52,61,63)/t32?,38-/m1/s1. The van der Waals surface area contributed by atoms with Gasteiger partial charge in [-0.15, -0.1) is 0 Å². The second-order valence-corrected chi connectivity index (χ2v) is 19.0. The van der Waals surface area contributed by atoms with E-state index < -0.39 is 29.5 Å². The fourth-order valence-corrected chi connectivity index (χ4v) is 10.9. The number of para-hydroxylation sites is 1. The number of carbonyl (C=O) groups is 4. The molecule has 1 saturated carbocycles. The Kier molecular flexibility index (Phi) is 11.8. The minimum absolute atomic E-state index is 0.00291. The van der Waals surface area contributed by atoms with Gasteiger partial charge in [0.2, 0.25) is 23.6 Å². The van der Waals surface area contributed by atoms with Gasteiger partial charge in [-0.1, -0.05) is 41.4 Å². The van der Waals surface area contributed by atoms with Crippen molar-refractivity contribution in [2.45, 2.75) is 76.1 Å². The molecule has 1 spiro atoms. The van der Waals surface area contributed by atoms with E-state index in [1.54, 1.807) is 50.5 Å². The van der Waals surface area contributed by atoms with Crippen molar-refractivity contribution in [2.24, 2.45) is 19.5 Å². The molecule has 4 amide bonds. The number of fused-ring (bicyclic) bond motifs is 2. The summed E-state index contributed by atoms with van der Waals surface area (Å²) in [5, 5.41) is 3.10. The molecule has 4 aliphatic rings. The molecule has 0 bridgehead atoms. The van der Waals surface area contributed by atoms with E-state index in [1.165, 1.54) is 51.3 Å². The van der Waals surface area contributed by atoms with Crippen LogP contribution in [0, 0.1) is 5.41 Å². The molecule has 1 aliphatic carbocycles. The van der Waals surface area contributed by atoms with Crippen molar-refractivity contribution in [3.05, 3.63) is 109 Å². The van der Waals surface area contributed by atoms with Crippen LogP contribution in [-0.2, 0) is 35.0 Å².